The Morgan fingerprint density at radius 3 is 2.38 bits per heavy atom. The van der Waals surface area contributed by atoms with Crippen LogP contribution in [0.1, 0.15) is 11.1 Å². The van der Waals surface area contributed by atoms with Crippen LogP contribution in [-0.2, 0) is 6.54 Å². The Kier molecular flexibility index (Phi) is 3.22. The Morgan fingerprint density at radius 1 is 1.00 bits per heavy atom. The first-order valence-corrected chi connectivity index (χ1v) is 5.32. The summed E-state index contributed by atoms with van der Waals surface area (Å²) in [4.78, 5) is 0. The van der Waals surface area contributed by atoms with Crippen molar-refractivity contribution in [3.63, 3.8) is 0 Å². The molecule has 0 fully saturated rings. The molecule has 0 aliphatic heterocycles. The number of benzene rings is 2. The van der Waals surface area contributed by atoms with Crippen LogP contribution in [0.3, 0.4) is 0 Å². The molecule has 2 rings (SSSR count). The molecule has 0 aliphatic carbocycles. The van der Waals surface area contributed by atoms with Crippen molar-refractivity contribution in [3.8, 4) is 11.5 Å². The van der Waals surface area contributed by atoms with E-state index >= 15 is 0 Å². The molecular formula is C14H15NO. The summed E-state index contributed by atoms with van der Waals surface area (Å²) in [7, 11) is 0. The van der Waals surface area contributed by atoms with Gasteiger partial charge in [0.15, 0.2) is 0 Å². The van der Waals surface area contributed by atoms with Gasteiger partial charge in [0.25, 0.3) is 0 Å². The maximum absolute atomic E-state index is 5.78. The van der Waals surface area contributed by atoms with Gasteiger partial charge in [-0.2, -0.15) is 0 Å². The molecule has 0 spiro atoms. The van der Waals surface area contributed by atoms with E-state index in [4.69, 9.17) is 10.5 Å². The fourth-order valence-electron chi connectivity index (χ4n) is 1.51. The van der Waals surface area contributed by atoms with Gasteiger partial charge in [-0.05, 0) is 25.1 Å². The van der Waals surface area contributed by atoms with Crippen molar-refractivity contribution in [1.82, 2.24) is 0 Å². The van der Waals surface area contributed by atoms with E-state index in [-0.39, 0.29) is 0 Å². The smallest absolute Gasteiger partial charge is 0.131 e. The average Bonchev–Trinajstić information content (AvgIpc) is 2.33. The van der Waals surface area contributed by atoms with E-state index in [9.17, 15) is 0 Å². The monoisotopic (exact) mass is 213 g/mol. The van der Waals surface area contributed by atoms with Gasteiger partial charge in [-0.3, -0.25) is 0 Å². The maximum Gasteiger partial charge on any atom is 0.131 e. The summed E-state index contributed by atoms with van der Waals surface area (Å²) in [5.41, 5.74) is 7.89. The molecule has 0 radical (unpaired) electrons. The molecule has 0 saturated carbocycles. The fraction of sp³-hybridized carbons (Fsp3) is 0.143. The van der Waals surface area contributed by atoms with Crippen LogP contribution in [0.5, 0.6) is 11.5 Å². The molecule has 0 saturated heterocycles. The van der Waals surface area contributed by atoms with Gasteiger partial charge in [-0.1, -0.05) is 35.9 Å². The summed E-state index contributed by atoms with van der Waals surface area (Å²) in [5, 5.41) is 0. The molecule has 0 unspecified atom stereocenters. The molecule has 0 heterocycles. The van der Waals surface area contributed by atoms with Gasteiger partial charge < -0.3 is 10.5 Å². The summed E-state index contributed by atoms with van der Waals surface area (Å²) in [6, 6.07) is 15.8. The molecule has 82 valence electrons. The van der Waals surface area contributed by atoms with E-state index < -0.39 is 0 Å². The minimum atomic E-state index is 0.488. The molecular weight excluding hydrogens is 198 g/mol. The van der Waals surface area contributed by atoms with E-state index in [2.05, 4.69) is 6.92 Å². The van der Waals surface area contributed by atoms with Crippen LogP contribution in [-0.4, -0.2) is 0 Å². The first-order valence-electron chi connectivity index (χ1n) is 5.32. The van der Waals surface area contributed by atoms with Gasteiger partial charge >= 0.3 is 0 Å². The van der Waals surface area contributed by atoms with Crippen LogP contribution in [0.25, 0.3) is 0 Å². The zero-order chi connectivity index (χ0) is 11.4. The van der Waals surface area contributed by atoms with Crippen LogP contribution in [0.2, 0.25) is 0 Å². The van der Waals surface area contributed by atoms with Crippen molar-refractivity contribution in [1.29, 1.82) is 0 Å². The largest absolute Gasteiger partial charge is 0.457 e. The highest BCUT2D eigenvalue weighted by molar-refractivity contribution is 5.38. The van der Waals surface area contributed by atoms with Crippen LogP contribution in [0.4, 0.5) is 0 Å². The number of aryl methyl sites for hydroxylation is 1. The lowest BCUT2D eigenvalue weighted by Crippen LogP contribution is -1.98. The van der Waals surface area contributed by atoms with Crippen molar-refractivity contribution in [2.75, 3.05) is 0 Å². The Hall–Kier alpha value is -1.80. The van der Waals surface area contributed by atoms with Crippen molar-refractivity contribution >= 4 is 0 Å². The summed E-state index contributed by atoms with van der Waals surface area (Å²) >= 11 is 0. The zero-order valence-corrected chi connectivity index (χ0v) is 9.31. The molecule has 0 amide bonds. The molecule has 0 aliphatic rings. The predicted molar refractivity (Wildman–Crippen MR) is 65.6 cm³/mol. The maximum atomic E-state index is 5.78. The molecule has 2 heteroatoms. The van der Waals surface area contributed by atoms with E-state index in [0.717, 1.165) is 17.1 Å². The molecule has 16 heavy (non-hydrogen) atoms. The van der Waals surface area contributed by atoms with Gasteiger partial charge in [-0.15, -0.1) is 0 Å². The lowest BCUT2D eigenvalue weighted by molar-refractivity contribution is 0.476. The SMILES string of the molecule is Cc1ccc(Oc2ccccc2CN)cc1. The van der Waals surface area contributed by atoms with Gasteiger partial charge in [-0.25, -0.2) is 0 Å². The third-order valence-electron chi connectivity index (χ3n) is 2.44. The Morgan fingerprint density at radius 2 is 1.69 bits per heavy atom. The molecule has 0 bridgehead atoms. The lowest BCUT2D eigenvalue weighted by Gasteiger charge is -2.09. The highest BCUT2D eigenvalue weighted by Gasteiger charge is 2.01. The highest BCUT2D eigenvalue weighted by Crippen LogP contribution is 2.24. The van der Waals surface area contributed by atoms with Crippen molar-refractivity contribution in [2.24, 2.45) is 5.73 Å². The van der Waals surface area contributed by atoms with Crippen molar-refractivity contribution in [3.05, 3.63) is 59.7 Å². The van der Waals surface area contributed by atoms with E-state index in [0.29, 0.717) is 6.54 Å². The first kappa shape index (κ1) is 10.7. The average molecular weight is 213 g/mol. The number of nitrogens with two attached hydrogens (primary N) is 1. The molecule has 0 aromatic heterocycles. The molecule has 2 nitrogen and oxygen atoms in total. The third kappa shape index (κ3) is 2.41. The fourth-order valence-corrected chi connectivity index (χ4v) is 1.51. The van der Waals surface area contributed by atoms with Crippen LogP contribution in [0.15, 0.2) is 48.5 Å². The first-order chi connectivity index (χ1) is 7.79. The number of hydrogen-bond donors (Lipinski definition) is 1. The topological polar surface area (TPSA) is 35.2 Å². The number of rotatable bonds is 3. The molecule has 0 atom stereocenters. The second kappa shape index (κ2) is 4.81. The summed E-state index contributed by atoms with van der Waals surface area (Å²) in [5.74, 6) is 1.67. The minimum absolute atomic E-state index is 0.488. The van der Waals surface area contributed by atoms with Gasteiger partial charge in [0.1, 0.15) is 11.5 Å². The van der Waals surface area contributed by atoms with Crippen LogP contribution >= 0.6 is 0 Å². The summed E-state index contributed by atoms with van der Waals surface area (Å²) < 4.78 is 5.78. The minimum Gasteiger partial charge on any atom is -0.457 e. The summed E-state index contributed by atoms with van der Waals surface area (Å²) in [6.07, 6.45) is 0. The second-order valence-corrected chi connectivity index (χ2v) is 3.73. The predicted octanol–water partition coefficient (Wildman–Crippen LogP) is 3.25. The van der Waals surface area contributed by atoms with E-state index in [1.165, 1.54) is 5.56 Å². The quantitative estimate of drug-likeness (QED) is 0.849. The number of ether oxygens (including phenoxy) is 1. The van der Waals surface area contributed by atoms with Gasteiger partial charge in [0.2, 0.25) is 0 Å². The van der Waals surface area contributed by atoms with Gasteiger partial charge in [0.05, 0.1) is 0 Å². The summed E-state index contributed by atoms with van der Waals surface area (Å²) in [6.45, 7) is 2.54. The Balaban J connectivity index is 2.23. The number of hydrogen-bond acceptors (Lipinski definition) is 2. The van der Waals surface area contributed by atoms with Gasteiger partial charge in [0, 0.05) is 12.1 Å². The molecule has 2 aromatic rings. The highest BCUT2D eigenvalue weighted by atomic mass is 16.5. The molecule has 2 N–H and O–H groups in total. The third-order valence-corrected chi connectivity index (χ3v) is 2.44. The normalized spacial score (nSPS) is 10.1. The van der Waals surface area contributed by atoms with Crippen LogP contribution < -0.4 is 10.5 Å². The zero-order valence-electron chi connectivity index (χ0n) is 9.31. The lowest BCUT2D eigenvalue weighted by atomic mass is 10.2. The van der Waals surface area contributed by atoms with E-state index in [1.807, 2.05) is 48.5 Å². The van der Waals surface area contributed by atoms with Crippen molar-refractivity contribution in [2.45, 2.75) is 13.5 Å². The standard InChI is InChI=1S/C14H15NO/c1-11-6-8-13(9-7-11)16-14-5-3-2-4-12(14)10-15/h2-9H,10,15H2,1H3. The second-order valence-electron chi connectivity index (χ2n) is 3.73. The molecule has 2 aromatic carbocycles. The Bertz CT molecular complexity index is 462. The number of para-hydroxylation sites is 1. The van der Waals surface area contributed by atoms with E-state index in [1.54, 1.807) is 0 Å². The van der Waals surface area contributed by atoms with Crippen molar-refractivity contribution < 1.29 is 4.74 Å². The Labute approximate surface area is 95.7 Å². The van der Waals surface area contributed by atoms with Crippen LogP contribution in [0, 0.1) is 6.92 Å².